The number of unbranched alkanes of at least 4 members (excludes halogenated alkanes) is 46. The molecule has 0 aliphatic rings. The SMILES string of the molecule is CCCCCCCCCCCCCC/C=C\CCCCCCCCCCCCCCCCCC(O)CC(=O)NC(CO)C(O)/C=C/CCCCCCCCCCCCCCCCCCCCC. The Balaban J connectivity index is 3.51. The summed E-state index contributed by atoms with van der Waals surface area (Å²) in [7, 11) is 0. The molecule has 0 heterocycles. The highest BCUT2D eigenvalue weighted by molar-refractivity contribution is 5.76. The molecule has 5 heteroatoms. The van der Waals surface area contributed by atoms with Crippen LogP contribution in [0.3, 0.4) is 0 Å². The smallest absolute Gasteiger partial charge is 0.222 e. The maximum Gasteiger partial charge on any atom is 0.222 e. The van der Waals surface area contributed by atoms with Gasteiger partial charge in [-0.3, -0.25) is 4.79 Å². The molecule has 0 aromatic heterocycles. The summed E-state index contributed by atoms with van der Waals surface area (Å²) >= 11 is 0. The normalized spacial score (nSPS) is 13.3. The summed E-state index contributed by atoms with van der Waals surface area (Å²) in [6.07, 6.45) is 73.9. The fraction of sp³-hybridized carbons (Fsp3) is 0.919. The largest absolute Gasteiger partial charge is 0.394 e. The van der Waals surface area contributed by atoms with E-state index in [0.29, 0.717) is 6.42 Å². The molecule has 0 bridgehead atoms. The number of rotatable bonds is 57. The second-order valence-electron chi connectivity index (χ2n) is 21.3. The number of carbonyl (C=O) groups excluding carboxylic acids is 1. The van der Waals surface area contributed by atoms with Gasteiger partial charge in [0.25, 0.3) is 0 Å². The van der Waals surface area contributed by atoms with Crippen molar-refractivity contribution in [2.45, 2.75) is 360 Å². The Morgan fingerprint density at radius 1 is 0.373 bits per heavy atom. The molecule has 0 saturated heterocycles. The molecule has 398 valence electrons. The maximum absolute atomic E-state index is 12.5. The van der Waals surface area contributed by atoms with Crippen molar-refractivity contribution < 1.29 is 20.1 Å². The number of carbonyl (C=O) groups is 1. The van der Waals surface area contributed by atoms with E-state index >= 15 is 0 Å². The molecule has 0 radical (unpaired) electrons. The van der Waals surface area contributed by atoms with Gasteiger partial charge < -0.3 is 20.6 Å². The number of hydrogen-bond donors (Lipinski definition) is 4. The first-order chi connectivity index (χ1) is 33.0. The summed E-state index contributed by atoms with van der Waals surface area (Å²) < 4.78 is 0. The average molecular weight is 945 g/mol. The lowest BCUT2D eigenvalue weighted by atomic mass is 10.0. The third kappa shape index (κ3) is 54.0. The van der Waals surface area contributed by atoms with E-state index in [1.165, 1.54) is 289 Å². The molecule has 0 aromatic carbocycles. The molecule has 0 rings (SSSR count). The van der Waals surface area contributed by atoms with Crippen LogP contribution in [0.5, 0.6) is 0 Å². The lowest BCUT2D eigenvalue weighted by molar-refractivity contribution is -0.124. The molecule has 0 spiro atoms. The van der Waals surface area contributed by atoms with Crippen molar-refractivity contribution in [2.75, 3.05) is 6.61 Å². The standard InChI is InChI=1S/C62H121NO4/c1-3-5-7-9-11-13-15-17-19-21-23-25-26-27-28-29-30-31-32-33-34-36-37-39-41-43-45-47-49-51-53-55-59(65)57-62(67)63-60(58-64)61(66)56-54-52-50-48-46-44-42-40-38-35-24-22-20-18-16-14-12-10-8-6-4-2/h27-28,54,56,59-61,64-66H,3-26,29-53,55,57-58H2,1-2H3,(H,63,67)/b28-27-,56-54+. The Morgan fingerprint density at radius 3 is 0.910 bits per heavy atom. The second-order valence-corrected chi connectivity index (χ2v) is 21.3. The molecule has 0 fully saturated rings. The fourth-order valence-electron chi connectivity index (χ4n) is 9.81. The van der Waals surface area contributed by atoms with Gasteiger partial charge >= 0.3 is 0 Å². The lowest BCUT2D eigenvalue weighted by Gasteiger charge is -2.21. The van der Waals surface area contributed by atoms with E-state index in [4.69, 9.17) is 0 Å². The van der Waals surface area contributed by atoms with Crippen molar-refractivity contribution in [3.63, 3.8) is 0 Å². The molecule has 3 atom stereocenters. The van der Waals surface area contributed by atoms with Crippen LogP contribution in [-0.2, 0) is 4.79 Å². The molecule has 0 aliphatic heterocycles. The molecular formula is C62H121NO4. The van der Waals surface area contributed by atoms with Gasteiger partial charge in [-0.05, 0) is 44.9 Å². The highest BCUT2D eigenvalue weighted by Crippen LogP contribution is 2.18. The van der Waals surface area contributed by atoms with Gasteiger partial charge in [0.1, 0.15) is 0 Å². The number of aliphatic hydroxyl groups excluding tert-OH is 3. The first kappa shape index (κ1) is 65.8. The van der Waals surface area contributed by atoms with E-state index in [2.05, 4.69) is 31.3 Å². The van der Waals surface area contributed by atoms with Crippen molar-refractivity contribution in [3.05, 3.63) is 24.3 Å². The van der Waals surface area contributed by atoms with Crippen LogP contribution in [0.1, 0.15) is 341 Å². The summed E-state index contributed by atoms with van der Waals surface area (Å²) in [5, 5.41) is 33.5. The minimum Gasteiger partial charge on any atom is -0.394 e. The molecule has 1 amide bonds. The number of nitrogens with one attached hydrogen (secondary N) is 1. The monoisotopic (exact) mass is 944 g/mol. The number of allylic oxidation sites excluding steroid dienone is 3. The van der Waals surface area contributed by atoms with Gasteiger partial charge in [-0.1, -0.05) is 314 Å². The van der Waals surface area contributed by atoms with E-state index in [9.17, 15) is 20.1 Å². The maximum atomic E-state index is 12.5. The van der Waals surface area contributed by atoms with Crippen LogP contribution in [-0.4, -0.2) is 46.1 Å². The first-order valence-corrected chi connectivity index (χ1v) is 30.6. The highest BCUT2D eigenvalue weighted by atomic mass is 16.3. The quantitative estimate of drug-likeness (QED) is 0.0361. The zero-order valence-electron chi connectivity index (χ0n) is 45.6. The third-order valence-electron chi connectivity index (χ3n) is 14.5. The van der Waals surface area contributed by atoms with Crippen molar-refractivity contribution in [1.29, 1.82) is 0 Å². The Hall–Kier alpha value is -1.17. The number of aliphatic hydroxyl groups is 3. The molecule has 3 unspecified atom stereocenters. The van der Waals surface area contributed by atoms with E-state index in [1.54, 1.807) is 6.08 Å². The summed E-state index contributed by atoms with van der Waals surface area (Å²) in [5.74, 6) is -0.309. The predicted octanol–water partition coefficient (Wildman–Crippen LogP) is 19.2. The van der Waals surface area contributed by atoms with Gasteiger partial charge in [-0.2, -0.15) is 0 Å². The highest BCUT2D eigenvalue weighted by Gasteiger charge is 2.20. The minimum absolute atomic E-state index is 0.0173. The van der Waals surface area contributed by atoms with Crippen molar-refractivity contribution >= 4 is 5.91 Å². The molecule has 0 aliphatic carbocycles. The zero-order chi connectivity index (χ0) is 48.6. The Morgan fingerprint density at radius 2 is 0.627 bits per heavy atom. The summed E-state index contributed by atoms with van der Waals surface area (Å²) in [4.78, 5) is 12.5. The summed E-state index contributed by atoms with van der Waals surface area (Å²) in [6, 6.07) is -0.743. The van der Waals surface area contributed by atoms with Crippen LogP contribution in [0.4, 0.5) is 0 Å². The van der Waals surface area contributed by atoms with Crippen LogP contribution in [0.2, 0.25) is 0 Å². The van der Waals surface area contributed by atoms with Gasteiger partial charge in [-0.15, -0.1) is 0 Å². The molecule has 0 saturated carbocycles. The Bertz CT molecular complexity index is 998. The molecule has 0 aromatic rings. The van der Waals surface area contributed by atoms with E-state index in [1.807, 2.05) is 6.08 Å². The summed E-state index contributed by atoms with van der Waals surface area (Å²) in [5.41, 5.74) is 0. The average Bonchev–Trinajstić information content (AvgIpc) is 3.32. The van der Waals surface area contributed by atoms with Crippen LogP contribution in [0.15, 0.2) is 24.3 Å². The molecule has 67 heavy (non-hydrogen) atoms. The third-order valence-corrected chi connectivity index (χ3v) is 14.5. The Labute approximate surface area is 420 Å². The molecular weight excluding hydrogens is 823 g/mol. The van der Waals surface area contributed by atoms with Crippen LogP contribution < -0.4 is 5.32 Å². The molecule has 4 N–H and O–H groups in total. The second kappa shape index (κ2) is 57.4. The topological polar surface area (TPSA) is 89.8 Å². The van der Waals surface area contributed by atoms with Crippen LogP contribution >= 0.6 is 0 Å². The van der Waals surface area contributed by atoms with E-state index < -0.39 is 18.2 Å². The van der Waals surface area contributed by atoms with Crippen molar-refractivity contribution in [1.82, 2.24) is 5.32 Å². The van der Waals surface area contributed by atoms with Crippen LogP contribution in [0.25, 0.3) is 0 Å². The summed E-state index contributed by atoms with van der Waals surface area (Å²) in [6.45, 7) is 4.26. The van der Waals surface area contributed by atoms with Gasteiger partial charge in [0, 0.05) is 0 Å². The van der Waals surface area contributed by atoms with Crippen LogP contribution in [0, 0.1) is 0 Å². The number of amides is 1. The minimum atomic E-state index is -0.928. The van der Waals surface area contributed by atoms with Gasteiger partial charge in [-0.25, -0.2) is 0 Å². The van der Waals surface area contributed by atoms with E-state index in [0.717, 1.165) is 25.7 Å². The van der Waals surface area contributed by atoms with Gasteiger partial charge in [0.15, 0.2) is 0 Å². The first-order valence-electron chi connectivity index (χ1n) is 30.6. The molecule has 5 nitrogen and oxygen atoms in total. The van der Waals surface area contributed by atoms with E-state index in [-0.39, 0.29) is 18.9 Å². The number of hydrogen-bond acceptors (Lipinski definition) is 4. The Kier molecular flexibility index (Phi) is 56.4. The predicted molar refractivity (Wildman–Crippen MR) is 296 cm³/mol. The van der Waals surface area contributed by atoms with Gasteiger partial charge in [0.2, 0.25) is 5.91 Å². The fourth-order valence-corrected chi connectivity index (χ4v) is 9.81. The van der Waals surface area contributed by atoms with Gasteiger partial charge in [0.05, 0.1) is 31.3 Å². The van der Waals surface area contributed by atoms with Crippen molar-refractivity contribution in [2.24, 2.45) is 0 Å². The zero-order valence-corrected chi connectivity index (χ0v) is 45.6. The van der Waals surface area contributed by atoms with Crippen molar-refractivity contribution in [3.8, 4) is 0 Å². The lowest BCUT2D eigenvalue weighted by Crippen LogP contribution is -2.45.